The molecule has 0 aliphatic rings. The maximum Gasteiger partial charge on any atom is 0.272 e. The number of ether oxygens (including phenoxy) is 1. The van der Waals surface area contributed by atoms with E-state index in [9.17, 15) is 4.79 Å². The summed E-state index contributed by atoms with van der Waals surface area (Å²) in [7, 11) is 1.62. The van der Waals surface area contributed by atoms with Crippen LogP contribution in [0.4, 0.5) is 0 Å². The van der Waals surface area contributed by atoms with Crippen molar-refractivity contribution in [1.82, 2.24) is 10.4 Å². The largest absolute Gasteiger partial charge is 0.497 e. The molecule has 0 spiro atoms. The van der Waals surface area contributed by atoms with Crippen molar-refractivity contribution in [3.05, 3.63) is 95.0 Å². The Morgan fingerprint density at radius 2 is 1.77 bits per heavy atom. The first kappa shape index (κ1) is 19.6. The number of hydrogen-bond acceptors (Lipinski definition) is 4. The maximum atomic E-state index is 12.9. The lowest BCUT2D eigenvalue weighted by molar-refractivity contribution is 0.0956. The van der Waals surface area contributed by atoms with Gasteiger partial charge in [-0.05, 0) is 42.5 Å². The molecule has 0 saturated carbocycles. The van der Waals surface area contributed by atoms with Gasteiger partial charge in [0.2, 0.25) is 0 Å². The van der Waals surface area contributed by atoms with Crippen molar-refractivity contribution >= 4 is 34.6 Å². The molecular weight excluding hydrogens is 398 g/mol. The molecule has 0 atom stereocenters. The highest BCUT2D eigenvalue weighted by atomic mass is 35.5. The van der Waals surface area contributed by atoms with E-state index in [4.69, 9.17) is 21.3 Å². The van der Waals surface area contributed by atoms with Crippen LogP contribution in [0, 0.1) is 0 Å². The zero-order valence-corrected chi connectivity index (χ0v) is 16.9. The lowest BCUT2D eigenvalue weighted by Crippen LogP contribution is -2.18. The molecule has 1 amide bonds. The van der Waals surface area contributed by atoms with Crippen molar-refractivity contribution in [2.24, 2.45) is 5.10 Å². The van der Waals surface area contributed by atoms with Gasteiger partial charge < -0.3 is 4.74 Å². The fourth-order valence-electron chi connectivity index (χ4n) is 3.07. The predicted molar refractivity (Wildman–Crippen MR) is 120 cm³/mol. The van der Waals surface area contributed by atoms with Crippen LogP contribution in [0.3, 0.4) is 0 Å². The van der Waals surface area contributed by atoms with Crippen LogP contribution in [0.5, 0.6) is 5.75 Å². The van der Waals surface area contributed by atoms with Gasteiger partial charge in [-0.15, -0.1) is 0 Å². The number of nitrogens with zero attached hydrogens (tertiary/aromatic N) is 2. The molecule has 1 heterocycles. The minimum absolute atomic E-state index is 0.327. The standard InChI is InChI=1S/C24H18ClN3O2/c1-30-18-12-10-16(11-13-18)23-14-20(19-7-3-5-9-22(19)27-23)24(29)28-26-15-17-6-2-4-8-21(17)25/h2-15H,1H3,(H,28,29)/b26-15+. The number of methoxy groups -OCH3 is 1. The molecule has 1 aromatic heterocycles. The molecule has 0 aliphatic carbocycles. The van der Waals surface area contributed by atoms with Crippen LogP contribution in [-0.2, 0) is 0 Å². The molecule has 1 N–H and O–H groups in total. The van der Waals surface area contributed by atoms with E-state index in [1.165, 1.54) is 6.21 Å². The number of halogens is 1. The second-order valence-electron chi connectivity index (χ2n) is 6.52. The molecule has 6 heteroatoms. The van der Waals surface area contributed by atoms with Gasteiger partial charge in [-0.25, -0.2) is 10.4 Å². The Kier molecular flexibility index (Phi) is 5.72. The second-order valence-corrected chi connectivity index (χ2v) is 6.93. The Morgan fingerprint density at radius 3 is 2.53 bits per heavy atom. The summed E-state index contributed by atoms with van der Waals surface area (Å²) in [6.07, 6.45) is 1.52. The van der Waals surface area contributed by atoms with Gasteiger partial charge in [0.15, 0.2) is 0 Å². The van der Waals surface area contributed by atoms with Crippen molar-refractivity contribution in [3.8, 4) is 17.0 Å². The Morgan fingerprint density at radius 1 is 1.03 bits per heavy atom. The van der Waals surface area contributed by atoms with Gasteiger partial charge in [-0.3, -0.25) is 4.79 Å². The van der Waals surface area contributed by atoms with Crippen molar-refractivity contribution in [2.75, 3.05) is 7.11 Å². The maximum absolute atomic E-state index is 12.9. The topological polar surface area (TPSA) is 63.6 Å². The van der Waals surface area contributed by atoms with E-state index in [-0.39, 0.29) is 5.91 Å². The van der Waals surface area contributed by atoms with E-state index in [2.05, 4.69) is 10.5 Å². The highest BCUT2D eigenvalue weighted by Gasteiger charge is 2.13. The van der Waals surface area contributed by atoms with Crippen LogP contribution >= 0.6 is 11.6 Å². The van der Waals surface area contributed by atoms with Gasteiger partial charge in [0.1, 0.15) is 5.75 Å². The molecule has 0 fully saturated rings. The van der Waals surface area contributed by atoms with Crippen molar-refractivity contribution < 1.29 is 9.53 Å². The van der Waals surface area contributed by atoms with Crippen molar-refractivity contribution in [2.45, 2.75) is 0 Å². The minimum atomic E-state index is -0.327. The molecule has 4 rings (SSSR count). The first-order valence-corrected chi connectivity index (χ1v) is 9.65. The van der Waals surface area contributed by atoms with Gasteiger partial charge in [-0.1, -0.05) is 48.0 Å². The summed E-state index contributed by atoms with van der Waals surface area (Å²) in [5.41, 5.74) is 6.10. The van der Waals surface area contributed by atoms with Gasteiger partial charge in [0, 0.05) is 21.5 Å². The predicted octanol–water partition coefficient (Wildman–Crippen LogP) is 5.33. The number of carbonyl (C=O) groups excluding carboxylic acids is 1. The summed E-state index contributed by atoms with van der Waals surface area (Å²) in [6.45, 7) is 0. The van der Waals surface area contributed by atoms with Gasteiger partial charge in [-0.2, -0.15) is 5.10 Å². The molecular formula is C24H18ClN3O2. The summed E-state index contributed by atoms with van der Waals surface area (Å²) < 4.78 is 5.22. The van der Waals surface area contributed by atoms with E-state index < -0.39 is 0 Å². The number of nitrogens with one attached hydrogen (secondary N) is 1. The minimum Gasteiger partial charge on any atom is -0.497 e. The number of carbonyl (C=O) groups is 1. The van der Waals surface area contributed by atoms with Crippen LogP contribution < -0.4 is 10.2 Å². The summed E-state index contributed by atoms with van der Waals surface area (Å²) in [4.78, 5) is 17.6. The average Bonchev–Trinajstić information content (AvgIpc) is 2.79. The second kappa shape index (κ2) is 8.76. The Labute approximate surface area is 179 Å². The molecule has 0 radical (unpaired) electrons. The molecule has 3 aromatic carbocycles. The number of hydrogen-bond donors (Lipinski definition) is 1. The Balaban J connectivity index is 1.68. The molecule has 148 valence electrons. The number of para-hydroxylation sites is 1. The highest BCUT2D eigenvalue weighted by Crippen LogP contribution is 2.26. The third kappa shape index (κ3) is 4.16. The van der Waals surface area contributed by atoms with Crippen molar-refractivity contribution in [3.63, 3.8) is 0 Å². The smallest absolute Gasteiger partial charge is 0.272 e. The van der Waals surface area contributed by atoms with Gasteiger partial charge in [0.05, 0.1) is 30.1 Å². The monoisotopic (exact) mass is 415 g/mol. The van der Waals surface area contributed by atoms with Crippen LogP contribution in [0.25, 0.3) is 22.2 Å². The van der Waals surface area contributed by atoms with Crippen LogP contribution in [-0.4, -0.2) is 24.2 Å². The van der Waals surface area contributed by atoms with E-state index in [0.717, 1.165) is 27.8 Å². The molecule has 0 aliphatic heterocycles. The van der Waals surface area contributed by atoms with E-state index in [0.29, 0.717) is 16.3 Å². The fraction of sp³-hybridized carbons (Fsp3) is 0.0417. The number of amides is 1. The van der Waals surface area contributed by atoms with E-state index in [1.807, 2.05) is 66.7 Å². The molecule has 0 bridgehead atoms. The number of pyridine rings is 1. The van der Waals surface area contributed by atoms with E-state index in [1.54, 1.807) is 19.2 Å². The first-order valence-electron chi connectivity index (χ1n) is 9.28. The normalized spacial score (nSPS) is 11.0. The highest BCUT2D eigenvalue weighted by molar-refractivity contribution is 6.33. The summed E-state index contributed by atoms with van der Waals surface area (Å²) >= 11 is 6.12. The SMILES string of the molecule is COc1ccc(-c2cc(C(=O)N/N=C/c3ccccc3Cl)c3ccccc3n2)cc1. The number of fused-ring (bicyclic) bond motifs is 1. The van der Waals surface area contributed by atoms with Crippen LogP contribution in [0.15, 0.2) is 84.0 Å². The summed E-state index contributed by atoms with van der Waals surface area (Å²) in [5.74, 6) is 0.429. The molecule has 30 heavy (non-hydrogen) atoms. The fourth-order valence-corrected chi connectivity index (χ4v) is 3.26. The molecule has 4 aromatic rings. The Bertz CT molecular complexity index is 1240. The van der Waals surface area contributed by atoms with Crippen molar-refractivity contribution in [1.29, 1.82) is 0 Å². The third-order valence-corrected chi connectivity index (χ3v) is 4.97. The van der Waals surface area contributed by atoms with Gasteiger partial charge >= 0.3 is 0 Å². The zero-order valence-electron chi connectivity index (χ0n) is 16.2. The first-order chi connectivity index (χ1) is 14.7. The lowest BCUT2D eigenvalue weighted by Gasteiger charge is -2.09. The average molecular weight is 416 g/mol. The van der Waals surface area contributed by atoms with Crippen LogP contribution in [0.1, 0.15) is 15.9 Å². The lowest BCUT2D eigenvalue weighted by atomic mass is 10.0. The number of rotatable bonds is 5. The molecule has 5 nitrogen and oxygen atoms in total. The third-order valence-electron chi connectivity index (χ3n) is 4.62. The van der Waals surface area contributed by atoms with E-state index >= 15 is 0 Å². The molecule has 0 unspecified atom stereocenters. The number of hydrazone groups is 1. The Hall–Kier alpha value is -3.70. The quantitative estimate of drug-likeness (QED) is 0.354. The number of aromatic nitrogens is 1. The zero-order chi connectivity index (χ0) is 20.9. The molecule has 0 saturated heterocycles. The van der Waals surface area contributed by atoms with Gasteiger partial charge in [0.25, 0.3) is 5.91 Å². The summed E-state index contributed by atoms with van der Waals surface area (Å²) in [6, 6.07) is 24.1. The number of benzene rings is 3. The summed E-state index contributed by atoms with van der Waals surface area (Å²) in [5, 5.41) is 5.38. The van der Waals surface area contributed by atoms with Crippen LogP contribution in [0.2, 0.25) is 5.02 Å².